The maximum absolute atomic E-state index is 12.9. The van der Waals surface area contributed by atoms with Gasteiger partial charge in [0.05, 0.1) is 12.1 Å². The molecule has 1 aromatic carbocycles. The number of halogens is 1. The molecule has 1 fully saturated rings. The van der Waals surface area contributed by atoms with E-state index >= 15 is 0 Å². The Morgan fingerprint density at radius 3 is 2.50 bits per heavy atom. The van der Waals surface area contributed by atoms with Crippen molar-refractivity contribution in [1.29, 1.82) is 0 Å². The van der Waals surface area contributed by atoms with Crippen molar-refractivity contribution in [2.24, 2.45) is 0 Å². The summed E-state index contributed by atoms with van der Waals surface area (Å²) < 4.78 is 6.77. The van der Waals surface area contributed by atoms with E-state index < -0.39 is 0 Å². The van der Waals surface area contributed by atoms with Crippen LogP contribution >= 0.6 is 15.9 Å². The number of carbonyl (C=O) groups is 1. The van der Waals surface area contributed by atoms with E-state index in [1.54, 1.807) is 7.11 Å². The SMILES string of the molecule is COC1CCCC(N(C)C(=O)c2ccc(Br)cc2)C1N1CC=CC1. The number of hydrogen-bond acceptors (Lipinski definition) is 3. The van der Waals surface area contributed by atoms with Crippen LogP contribution in [0.15, 0.2) is 40.9 Å². The predicted octanol–water partition coefficient (Wildman–Crippen LogP) is 3.33. The Morgan fingerprint density at radius 2 is 1.88 bits per heavy atom. The molecule has 0 radical (unpaired) electrons. The van der Waals surface area contributed by atoms with E-state index in [0.717, 1.165) is 42.4 Å². The highest BCUT2D eigenvalue weighted by Crippen LogP contribution is 2.30. The predicted molar refractivity (Wildman–Crippen MR) is 99.2 cm³/mol. The molecule has 4 nitrogen and oxygen atoms in total. The number of methoxy groups -OCH3 is 1. The van der Waals surface area contributed by atoms with Crippen molar-refractivity contribution < 1.29 is 9.53 Å². The minimum absolute atomic E-state index is 0.0846. The monoisotopic (exact) mass is 392 g/mol. The Kier molecular flexibility index (Phi) is 5.74. The van der Waals surface area contributed by atoms with E-state index in [2.05, 4.69) is 33.0 Å². The first-order valence-corrected chi connectivity index (χ1v) is 9.35. The van der Waals surface area contributed by atoms with Gasteiger partial charge in [-0.25, -0.2) is 0 Å². The fraction of sp³-hybridized carbons (Fsp3) is 0.526. The second-order valence-corrected chi connectivity index (χ2v) is 7.53. The van der Waals surface area contributed by atoms with Crippen LogP contribution in [0.5, 0.6) is 0 Å². The van der Waals surface area contributed by atoms with E-state index in [0.29, 0.717) is 0 Å². The van der Waals surface area contributed by atoms with Gasteiger partial charge in [0, 0.05) is 43.3 Å². The van der Waals surface area contributed by atoms with E-state index in [9.17, 15) is 4.79 Å². The average molecular weight is 393 g/mol. The van der Waals surface area contributed by atoms with E-state index in [-0.39, 0.29) is 24.1 Å². The maximum Gasteiger partial charge on any atom is 0.253 e. The molecular formula is C19H25BrN2O2. The number of amides is 1. The maximum atomic E-state index is 12.9. The molecule has 1 aliphatic heterocycles. The van der Waals surface area contributed by atoms with Crippen molar-refractivity contribution in [3.05, 3.63) is 46.5 Å². The summed E-state index contributed by atoms with van der Waals surface area (Å²) in [6.45, 7) is 1.89. The largest absolute Gasteiger partial charge is 0.380 e. The number of benzene rings is 1. The third-order valence-electron chi connectivity index (χ3n) is 5.24. The molecule has 1 amide bonds. The van der Waals surface area contributed by atoms with Gasteiger partial charge in [-0.2, -0.15) is 0 Å². The van der Waals surface area contributed by atoms with Gasteiger partial charge < -0.3 is 9.64 Å². The number of carbonyl (C=O) groups excluding carboxylic acids is 1. The van der Waals surface area contributed by atoms with Crippen molar-refractivity contribution in [2.45, 2.75) is 37.5 Å². The zero-order valence-corrected chi connectivity index (χ0v) is 15.9. The van der Waals surface area contributed by atoms with Gasteiger partial charge in [-0.1, -0.05) is 28.1 Å². The van der Waals surface area contributed by atoms with Gasteiger partial charge in [-0.05, 0) is 43.5 Å². The Bertz CT molecular complexity index is 592. The Labute approximate surface area is 152 Å². The molecule has 1 aromatic rings. The molecule has 2 aliphatic rings. The van der Waals surface area contributed by atoms with Crippen LogP contribution in [0.2, 0.25) is 0 Å². The number of ether oxygens (including phenoxy) is 1. The van der Waals surface area contributed by atoms with E-state index in [1.807, 2.05) is 36.2 Å². The van der Waals surface area contributed by atoms with Gasteiger partial charge in [0.25, 0.3) is 5.91 Å². The molecule has 0 bridgehead atoms. The van der Waals surface area contributed by atoms with Crippen LogP contribution in [0.25, 0.3) is 0 Å². The first-order valence-electron chi connectivity index (χ1n) is 8.56. The lowest BCUT2D eigenvalue weighted by atomic mass is 9.85. The van der Waals surface area contributed by atoms with Crippen LogP contribution in [-0.4, -0.2) is 61.1 Å². The van der Waals surface area contributed by atoms with Crippen LogP contribution in [0.4, 0.5) is 0 Å². The van der Waals surface area contributed by atoms with Crippen LogP contribution in [0, 0.1) is 0 Å². The lowest BCUT2D eigenvalue weighted by Crippen LogP contribution is -2.59. The number of hydrogen-bond donors (Lipinski definition) is 0. The number of rotatable bonds is 4. The van der Waals surface area contributed by atoms with Crippen LogP contribution in [0.1, 0.15) is 29.6 Å². The molecule has 1 aliphatic carbocycles. The van der Waals surface area contributed by atoms with Gasteiger partial charge in [0.15, 0.2) is 0 Å². The first-order chi connectivity index (χ1) is 11.6. The summed E-state index contributed by atoms with van der Waals surface area (Å²) in [5.74, 6) is 0.0846. The van der Waals surface area contributed by atoms with Gasteiger partial charge in [-0.15, -0.1) is 0 Å². The minimum Gasteiger partial charge on any atom is -0.380 e. The van der Waals surface area contributed by atoms with Crippen LogP contribution in [0.3, 0.4) is 0 Å². The Morgan fingerprint density at radius 1 is 1.21 bits per heavy atom. The molecule has 5 heteroatoms. The van der Waals surface area contributed by atoms with Crippen molar-refractivity contribution in [3.63, 3.8) is 0 Å². The van der Waals surface area contributed by atoms with Gasteiger partial charge in [0.2, 0.25) is 0 Å². The van der Waals surface area contributed by atoms with Crippen molar-refractivity contribution in [2.75, 3.05) is 27.2 Å². The third-order valence-corrected chi connectivity index (χ3v) is 5.77. The molecule has 0 spiro atoms. The molecule has 0 aromatic heterocycles. The summed E-state index contributed by atoms with van der Waals surface area (Å²) in [6.07, 6.45) is 7.78. The zero-order chi connectivity index (χ0) is 17.1. The normalized spacial score (nSPS) is 27.4. The molecule has 3 rings (SSSR count). The Balaban J connectivity index is 1.80. The van der Waals surface area contributed by atoms with E-state index in [1.165, 1.54) is 0 Å². The third kappa shape index (κ3) is 3.58. The molecule has 3 unspecified atom stereocenters. The van der Waals surface area contributed by atoms with Crippen LogP contribution in [-0.2, 0) is 4.74 Å². The molecule has 0 saturated heterocycles. The minimum atomic E-state index is 0.0846. The summed E-state index contributed by atoms with van der Waals surface area (Å²) in [5.41, 5.74) is 0.735. The molecule has 1 heterocycles. The van der Waals surface area contributed by atoms with Gasteiger partial charge in [0.1, 0.15) is 0 Å². The lowest BCUT2D eigenvalue weighted by molar-refractivity contribution is -0.0372. The van der Waals surface area contributed by atoms with Crippen molar-refractivity contribution in [3.8, 4) is 0 Å². The molecule has 24 heavy (non-hydrogen) atoms. The smallest absolute Gasteiger partial charge is 0.253 e. The van der Waals surface area contributed by atoms with Crippen molar-refractivity contribution >= 4 is 21.8 Å². The fourth-order valence-electron chi connectivity index (χ4n) is 3.96. The highest BCUT2D eigenvalue weighted by Gasteiger charge is 2.41. The summed E-state index contributed by atoms with van der Waals surface area (Å²) >= 11 is 3.42. The van der Waals surface area contributed by atoms with Gasteiger partial charge >= 0.3 is 0 Å². The molecule has 130 valence electrons. The topological polar surface area (TPSA) is 32.8 Å². The molecular weight excluding hydrogens is 368 g/mol. The molecule has 3 atom stereocenters. The average Bonchev–Trinajstić information content (AvgIpc) is 3.14. The van der Waals surface area contributed by atoms with Crippen molar-refractivity contribution in [1.82, 2.24) is 9.80 Å². The summed E-state index contributed by atoms with van der Waals surface area (Å²) in [5, 5.41) is 0. The quantitative estimate of drug-likeness (QED) is 0.736. The number of likely N-dealkylation sites (N-methyl/N-ethyl adjacent to an activating group) is 1. The molecule has 1 saturated carbocycles. The highest BCUT2D eigenvalue weighted by molar-refractivity contribution is 9.10. The summed E-state index contributed by atoms with van der Waals surface area (Å²) in [6, 6.07) is 8.03. The standard InChI is InChI=1S/C19H25BrN2O2/c1-21(19(23)14-8-10-15(20)11-9-14)16-6-5-7-17(24-2)18(16)22-12-3-4-13-22/h3-4,8-11,16-18H,5-7,12-13H2,1-2H3. The molecule has 0 N–H and O–H groups in total. The highest BCUT2D eigenvalue weighted by atomic mass is 79.9. The summed E-state index contributed by atoms with van der Waals surface area (Å²) in [7, 11) is 3.73. The first kappa shape index (κ1) is 17.6. The number of nitrogens with zero attached hydrogens (tertiary/aromatic N) is 2. The second kappa shape index (κ2) is 7.81. The van der Waals surface area contributed by atoms with Gasteiger partial charge in [-0.3, -0.25) is 9.69 Å². The summed E-state index contributed by atoms with van der Waals surface area (Å²) in [4.78, 5) is 17.3. The van der Waals surface area contributed by atoms with Crippen LogP contribution < -0.4 is 0 Å². The second-order valence-electron chi connectivity index (χ2n) is 6.61. The zero-order valence-electron chi connectivity index (χ0n) is 14.3. The lowest BCUT2D eigenvalue weighted by Gasteiger charge is -2.46. The Hall–Kier alpha value is -1.17. The fourth-order valence-corrected chi connectivity index (χ4v) is 4.22. The van der Waals surface area contributed by atoms with E-state index in [4.69, 9.17) is 4.74 Å².